The first-order valence-corrected chi connectivity index (χ1v) is 11.0. The van der Waals surface area contributed by atoms with E-state index in [4.69, 9.17) is 23.2 Å². The van der Waals surface area contributed by atoms with Crippen LogP contribution >= 0.6 is 23.2 Å². The number of aromatic nitrogens is 2. The number of nitrogens with zero attached hydrogens (tertiary/aromatic N) is 3. The van der Waals surface area contributed by atoms with Crippen LogP contribution in [-0.2, 0) is 15.0 Å². The third-order valence-electron chi connectivity index (χ3n) is 4.54. The molecule has 0 aliphatic rings. The Morgan fingerprint density at radius 2 is 1.80 bits per heavy atom. The molecule has 2 amide bonds. The van der Waals surface area contributed by atoms with Gasteiger partial charge < -0.3 is 10.2 Å². The van der Waals surface area contributed by atoms with Crippen LogP contribution in [0.1, 0.15) is 59.6 Å². The minimum absolute atomic E-state index is 0.00405. The number of hydrogen-bond donors (Lipinski definition) is 1. The van der Waals surface area contributed by atoms with Gasteiger partial charge in [-0.25, -0.2) is 4.68 Å². The number of nitrogens with one attached hydrogen (secondary N) is 1. The van der Waals surface area contributed by atoms with Gasteiger partial charge in [-0.1, -0.05) is 57.8 Å². The number of carbonyl (C=O) groups is 2. The highest BCUT2D eigenvalue weighted by molar-refractivity contribution is 6.42. The van der Waals surface area contributed by atoms with Crippen LogP contribution in [0.3, 0.4) is 0 Å². The second-order valence-electron chi connectivity index (χ2n) is 8.29. The van der Waals surface area contributed by atoms with E-state index >= 15 is 0 Å². The number of anilines is 1. The lowest BCUT2D eigenvalue weighted by molar-refractivity contribution is -0.134. The van der Waals surface area contributed by atoms with Gasteiger partial charge in [-0.05, 0) is 31.0 Å². The van der Waals surface area contributed by atoms with E-state index in [2.05, 4.69) is 10.4 Å². The van der Waals surface area contributed by atoms with Crippen LogP contribution in [0.5, 0.6) is 0 Å². The molecule has 30 heavy (non-hydrogen) atoms. The van der Waals surface area contributed by atoms with Crippen molar-refractivity contribution in [2.24, 2.45) is 0 Å². The Balaban J connectivity index is 2.33. The van der Waals surface area contributed by atoms with E-state index < -0.39 is 0 Å². The van der Waals surface area contributed by atoms with E-state index in [0.717, 1.165) is 18.5 Å². The molecule has 164 valence electrons. The summed E-state index contributed by atoms with van der Waals surface area (Å²) in [6, 6.07) is 7.03. The highest BCUT2D eigenvalue weighted by Crippen LogP contribution is 2.29. The standard InChI is InChI=1S/C22H30Cl2N4O2/c1-6-8-21(30)27(11-7-2)14-20(29)25-19-13-18(22(3,4)5)26-28(19)15-9-10-16(23)17(24)12-15/h9-10,12-13H,6-8,11,14H2,1-5H3,(H,25,29). The Labute approximate surface area is 188 Å². The molecule has 0 spiro atoms. The molecule has 0 saturated heterocycles. The lowest BCUT2D eigenvalue weighted by Crippen LogP contribution is -2.38. The second-order valence-corrected chi connectivity index (χ2v) is 9.10. The van der Waals surface area contributed by atoms with Gasteiger partial charge in [0.25, 0.3) is 0 Å². The Morgan fingerprint density at radius 3 is 2.37 bits per heavy atom. The number of carbonyl (C=O) groups excluding carboxylic acids is 2. The average Bonchev–Trinajstić information content (AvgIpc) is 3.08. The number of benzene rings is 1. The fourth-order valence-electron chi connectivity index (χ4n) is 2.94. The molecule has 8 heteroatoms. The van der Waals surface area contributed by atoms with E-state index in [1.807, 2.05) is 40.7 Å². The van der Waals surface area contributed by atoms with Crippen molar-refractivity contribution in [2.75, 3.05) is 18.4 Å². The smallest absolute Gasteiger partial charge is 0.245 e. The Morgan fingerprint density at radius 1 is 1.10 bits per heavy atom. The zero-order valence-electron chi connectivity index (χ0n) is 18.3. The number of hydrogen-bond acceptors (Lipinski definition) is 3. The minimum atomic E-state index is -0.269. The molecule has 0 bridgehead atoms. The van der Waals surface area contributed by atoms with Crippen molar-refractivity contribution in [1.82, 2.24) is 14.7 Å². The molecule has 0 fully saturated rings. The van der Waals surface area contributed by atoms with Gasteiger partial charge in [-0.3, -0.25) is 9.59 Å². The predicted molar refractivity (Wildman–Crippen MR) is 123 cm³/mol. The van der Waals surface area contributed by atoms with Crippen molar-refractivity contribution < 1.29 is 9.59 Å². The summed E-state index contributed by atoms with van der Waals surface area (Å²) >= 11 is 12.2. The molecule has 2 aromatic rings. The van der Waals surface area contributed by atoms with Gasteiger partial charge >= 0.3 is 0 Å². The summed E-state index contributed by atoms with van der Waals surface area (Å²) in [6.07, 6.45) is 1.97. The molecule has 0 aliphatic carbocycles. The van der Waals surface area contributed by atoms with E-state index in [1.165, 1.54) is 0 Å². The maximum Gasteiger partial charge on any atom is 0.245 e. The van der Waals surface area contributed by atoms with Gasteiger partial charge in [0.15, 0.2) is 0 Å². The van der Waals surface area contributed by atoms with Gasteiger partial charge in [0.1, 0.15) is 5.82 Å². The molecule has 1 aromatic carbocycles. The Hall–Kier alpha value is -2.05. The van der Waals surface area contributed by atoms with Crippen LogP contribution in [0.2, 0.25) is 10.0 Å². The fourth-order valence-corrected chi connectivity index (χ4v) is 3.23. The summed E-state index contributed by atoms with van der Waals surface area (Å²) in [5, 5.41) is 8.43. The molecule has 2 rings (SSSR count). The molecule has 1 aromatic heterocycles. The summed E-state index contributed by atoms with van der Waals surface area (Å²) in [6.45, 7) is 10.6. The lowest BCUT2D eigenvalue weighted by atomic mass is 9.92. The summed E-state index contributed by atoms with van der Waals surface area (Å²) in [4.78, 5) is 26.7. The molecule has 6 nitrogen and oxygen atoms in total. The molecule has 0 unspecified atom stereocenters. The molecular weight excluding hydrogens is 423 g/mol. The first-order chi connectivity index (χ1) is 14.1. The van der Waals surface area contributed by atoms with Crippen molar-refractivity contribution in [3.8, 4) is 5.69 Å². The second kappa shape index (κ2) is 10.3. The van der Waals surface area contributed by atoms with E-state index in [0.29, 0.717) is 34.5 Å². The average molecular weight is 453 g/mol. The molecule has 0 aliphatic heterocycles. The normalized spacial score (nSPS) is 11.4. The molecule has 0 saturated carbocycles. The van der Waals surface area contributed by atoms with E-state index in [1.54, 1.807) is 27.8 Å². The number of amides is 2. The van der Waals surface area contributed by atoms with Gasteiger partial charge in [-0.2, -0.15) is 5.10 Å². The highest BCUT2D eigenvalue weighted by Gasteiger charge is 2.23. The quantitative estimate of drug-likeness (QED) is 0.578. The SMILES string of the molecule is CCCC(=O)N(CCC)CC(=O)Nc1cc(C(C)(C)C)nn1-c1ccc(Cl)c(Cl)c1. The van der Waals surface area contributed by atoms with Gasteiger partial charge in [-0.15, -0.1) is 0 Å². The predicted octanol–water partition coefficient (Wildman–Crippen LogP) is 5.45. The summed E-state index contributed by atoms with van der Waals surface area (Å²) in [5.41, 5.74) is 1.28. The minimum Gasteiger partial charge on any atom is -0.333 e. The van der Waals surface area contributed by atoms with Crippen LogP contribution in [0.4, 0.5) is 5.82 Å². The summed E-state index contributed by atoms with van der Waals surface area (Å²) < 4.78 is 1.64. The maximum absolute atomic E-state index is 12.8. The first kappa shape index (κ1) is 24.2. The fraction of sp³-hybridized carbons (Fsp3) is 0.500. The molecular formula is C22H30Cl2N4O2. The van der Waals surface area contributed by atoms with Crippen molar-refractivity contribution in [3.63, 3.8) is 0 Å². The van der Waals surface area contributed by atoms with Crippen LogP contribution in [0.15, 0.2) is 24.3 Å². The number of rotatable bonds is 8. The zero-order valence-corrected chi connectivity index (χ0v) is 19.8. The van der Waals surface area contributed by atoms with Crippen LogP contribution in [0.25, 0.3) is 5.69 Å². The van der Waals surface area contributed by atoms with E-state index in [9.17, 15) is 9.59 Å². The van der Waals surface area contributed by atoms with Gasteiger partial charge in [0.2, 0.25) is 11.8 Å². The topological polar surface area (TPSA) is 67.2 Å². The molecule has 0 atom stereocenters. The van der Waals surface area contributed by atoms with E-state index in [-0.39, 0.29) is 23.8 Å². The highest BCUT2D eigenvalue weighted by atomic mass is 35.5. The van der Waals surface area contributed by atoms with Crippen molar-refractivity contribution >= 4 is 40.8 Å². The van der Waals surface area contributed by atoms with Crippen LogP contribution in [-0.4, -0.2) is 39.6 Å². The first-order valence-electron chi connectivity index (χ1n) is 10.2. The Bertz CT molecular complexity index is 903. The maximum atomic E-state index is 12.8. The summed E-state index contributed by atoms with van der Waals surface area (Å²) in [7, 11) is 0. The van der Waals surface area contributed by atoms with Crippen molar-refractivity contribution in [2.45, 2.75) is 59.3 Å². The largest absolute Gasteiger partial charge is 0.333 e. The third kappa shape index (κ3) is 6.22. The molecule has 1 N–H and O–H groups in total. The Kier molecular flexibility index (Phi) is 8.33. The summed E-state index contributed by atoms with van der Waals surface area (Å²) in [5.74, 6) is 0.236. The van der Waals surface area contributed by atoms with Crippen LogP contribution < -0.4 is 5.32 Å². The van der Waals surface area contributed by atoms with Gasteiger partial charge in [0, 0.05) is 24.4 Å². The third-order valence-corrected chi connectivity index (χ3v) is 5.28. The zero-order chi connectivity index (χ0) is 22.5. The van der Waals surface area contributed by atoms with Crippen molar-refractivity contribution in [3.05, 3.63) is 40.0 Å². The molecule has 0 radical (unpaired) electrons. The van der Waals surface area contributed by atoms with Gasteiger partial charge in [0.05, 0.1) is 28.0 Å². The molecule has 1 heterocycles. The van der Waals surface area contributed by atoms with Crippen molar-refractivity contribution in [1.29, 1.82) is 0 Å². The van der Waals surface area contributed by atoms with Crippen LogP contribution in [0, 0.1) is 0 Å². The monoisotopic (exact) mass is 452 g/mol. The lowest BCUT2D eigenvalue weighted by Gasteiger charge is -2.21. The number of halogens is 2.